The number of hydrogen-bond donors (Lipinski definition) is 0. The molecule has 0 bridgehead atoms. The Hall–Kier alpha value is -0.340. The van der Waals surface area contributed by atoms with Gasteiger partial charge in [-0.05, 0) is 24.7 Å². The number of methoxy groups -OCH3 is 1. The van der Waals surface area contributed by atoms with Crippen LogP contribution in [0.5, 0.6) is 0 Å². The van der Waals surface area contributed by atoms with Crippen molar-refractivity contribution in [1.82, 2.24) is 4.90 Å². The monoisotopic (exact) mass is 223 g/mol. The molecule has 0 aromatic heterocycles. The van der Waals surface area contributed by atoms with Crippen LogP contribution in [0.4, 0.5) is 0 Å². The quantitative estimate of drug-likeness (QED) is 0.667. The third-order valence-corrected chi connectivity index (χ3v) is 3.98. The van der Waals surface area contributed by atoms with Gasteiger partial charge in [0.2, 0.25) is 0 Å². The number of ether oxygens (including phenoxy) is 1. The second-order valence-corrected chi connectivity index (χ2v) is 6.70. The van der Waals surface area contributed by atoms with E-state index in [2.05, 4.69) is 32.3 Å². The van der Waals surface area contributed by atoms with E-state index in [1.165, 1.54) is 25.0 Å². The highest BCUT2D eigenvalue weighted by Crippen LogP contribution is 2.48. The fourth-order valence-electron chi connectivity index (χ4n) is 3.73. The molecule has 0 spiro atoms. The van der Waals surface area contributed by atoms with Crippen LogP contribution in [0.15, 0.2) is 12.2 Å². The van der Waals surface area contributed by atoms with Gasteiger partial charge in [0.1, 0.15) is 0 Å². The molecule has 2 fully saturated rings. The first-order valence-electron chi connectivity index (χ1n) is 6.32. The summed E-state index contributed by atoms with van der Waals surface area (Å²) in [6.45, 7) is 13.4. The van der Waals surface area contributed by atoms with E-state index in [0.29, 0.717) is 11.5 Å². The number of nitrogens with zero attached hydrogens (tertiary/aromatic N) is 1. The normalized spacial score (nSPS) is 35.8. The van der Waals surface area contributed by atoms with Gasteiger partial charge >= 0.3 is 0 Å². The highest BCUT2D eigenvalue weighted by Gasteiger charge is 2.53. The molecule has 0 radical (unpaired) electrons. The summed E-state index contributed by atoms with van der Waals surface area (Å²) in [5.74, 6) is 0. The Kier molecular flexibility index (Phi) is 2.92. The van der Waals surface area contributed by atoms with E-state index < -0.39 is 0 Å². The maximum Gasteiger partial charge on any atom is 0.0770 e. The Morgan fingerprint density at radius 2 is 2.19 bits per heavy atom. The van der Waals surface area contributed by atoms with Crippen LogP contribution in [-0.2, 0) is 4.74 Å². The second kappa shape index (κ2) is 3.85. The average molecular weight is 223 g/mol. The van der Waals surface area contributed by atoms with Gasteiger partial charge in [0.05, 0.1) is 11.6 Å². The first kappa shape index (κ1) is 12.1. The molecule has 2 heteroatoms. The molecule has 16 heavy (non-hydrogen) atoms. The minimum Gasteiger partial charge on any atom is -0.379 e. The summed E-state index contributed by atoms with van der Waals surface area (Å²) in [6.07, 6.45) is 3.91. The van der Waals surface area contributed by atoms with E-state index in [1.54, 1.807) is 0 Å². The van der Waals surface area contributed by atoms with E-state index in [-0.39, 0.29) is 5.54 Å². The standard InChI is InChI=1S/C14H25NO/c1-11-8-14(10-13(2,3)4)12(16-5)6-7-15(14)9-11/h12H,1,6-10H2,2-5H3/t12-,14-/m1/s1. The summed E-state index contributed by atoms with van der Waals surface area (Å²) in [4.78, 5) is 2.61. The fourth-order valence-corrected chi connectivity index (χ4v) is 3.73. The highest BCUT2D eigenvalue weighted by atomic mass is 16.5. The summed E-state index contributed by atoms with van der Waals surface area (Å²) in [7, 11) is 1.86. The van der Waals surface area contributed by atoms with Crippen LogP contribution in [0.2, 0.25) is 0 Å². The zero-order chi connectivity index (χ0) is 12.0. The van der Waals surface area contributed by atoms with Crippen LogP contribution in [0, 0.1) is 5.41 Å². The van der Waals surface area contributed by atoms with Crippen LogP contribution in [-0.4, -0.2) is 36.7 Å². The molecule has 2 nitrogen and oxygen atoms in total. The van der Waals surface area contributed by atoms with Gasteiger partial charge in [0.25, 0.3) is 0 Å². The van der Waals surface area contributed by atoms with Crippen molar-refractivity contribution >= 4 is 0 Å². The lowest BCUT2D eigenvalue weighted by molar-refractivity contribution is -0.00638. The summed E-state index contributed by atoms with van der Waals surface area (Å²) >= 11 is 0. The van der Waals surface area contributed by atoms with Gasteiger partial charge in [-0.1, -0.05) is 32.9 Å². The average Bonchev–Trinajstić information content (AvgIpc) is 2.54. The van der Waals surface area contributed by atoms with E-state index in [0.717, 1.165) is 13.0 Å². The molecule has 0 aromatic rings. The maximum atomic E-state index is 5.74. The van der Waals surface area contributed by atoms with Crippen LogP contribution in [0.1, 0.15) is 40.0 Å². The molecule has 2 rings (SSSR count). The predicted octanol–water partition coefficient (Wildman–Crippen LogP) is 2.84. The Morgan fingerprint density at radius 1 is 1.50 bits per heavy atom. The minimum absolute atomic E-state index is 0.240. The molecular weight excluding hydrogens is 198 g/mol. The fraction of sp³-hybridized carbons (Fsp3) is 0.857. The van der Waals surface area contributed by atoms with E-state index >= 15 is 0 Å². The van der Waals surface area contributed by atoms with Crippen molar-refractivity contribution in [3.63, 3.8) is 0 Å². The van der Waals surface area contributed by atoms with Crippen LogP contribution in [0.3, 0.4) is 0 Å². The summed E-state index contributed by atoms with van der Waals surface area (Å²) in [5, 5.41) is 0. The van der Waals surface area contributed by atoms with Gasteiger partial charge in [-0.15, -0.1) is 0 Å². The number of hydrogen-bond acceptors (Lipinski definition) is 2. The Morgan fingerprint density at radius 3 is 2.75 bits per heavy atom. The lowest BCUT2D eigenvalue weighted by atomic mass is 9.75. The molecule has 0 unspecified atom stereocenters. The van der Waals surface area contributed by atoms with Crippen molar-refractivity contribution in [2.24, 2.45) is 5.41 Å². The molecule has 0 aliphatic carbocycles. The van der Waals surface area contributed by atoms with Crippen molar-refractivity contribution < 1.29 is 4.74 Å². The largest absolute Gasteiger partial charge is 0.379 e. The molecule has 2 aliphatic rings. The van der Waals surface area contributed by atoms with Crippen LogP contribution >= 0.6 is 0 Å². The SMILES string of the molecule is C=C1CN2CC[C@@H](OC)[C@]2(CC(C)(C)C)C1. The van der Waals surface area contributed by atoms with Crippen molar-refractivity contribution in [3.05, 3.63) is 12.2 Å². The Labute approximate surface area is 99.7 Å². The third-order valence-electron chi connectivity index (χ3n) is 3.98. The van der Waals surface area contributed by atoms with Crippen molar-refractivity contribution in [2.75, 3.05) is 20.2 Å². The molecule has 0 saturated carbocycles. The Balaban J connectivity index is 2.26. The van der Waals surface area contributed by atoms with Gasteiger partial charge < -0.3 is 4.74 Å². The van der Waals surface area contributed by atoms with Crippen molar-refractivity contribution in [2.45, 2.75) is 51.7 Å². The van der Waals surface area contributed by atoms with E-state index in [9.17, 15) is 0 Å². The third kappa shape index (κ3) is 1.93. The smallest absolute Gasteiger partial charge is 0.0770 e. The van der Waals surface area contributed by atoms with Crippen LogP contribution < -0.4 is 0 Å². The minimum atomic E-state index is 0.240. The Bertz CT molecular complexity index is 292. The lowest BCUT2D eigenvalue weighted by Crippen LogP contribution is -2.49. The number of fused-ring (bicyclic) bond motifs is 1. The highest BCUT2D eigenvalue weighted by molar-refractivity contribution is 5.21. The molecule has 2 saturated heterocycles. The van der Waals surface area contributed by atoms with Gasteiger partial charge in [0.15, 0.2) is 0 Å². The van der Waals surface area contributed by atoms with Crippen LogP contribution in [0.25, 0.3) is 0 Å². The zero-order valence-electron chi connectivity index (χ0n) is 11.2. The molecule has 2 atom stereocenters. The zero-order valence-corrected chi connectivity index (χ0v) is 11.2. The van der Waals surface area contributed by atoms with E-state index in [4.69, 9.17) is 4.74 Å². The molecule has 0 N–H and O–H groups in total. The number of rotatable bonds is 2. The first-order valence-corrected chi connectivity index (χ1v) is 6.32. The molecule has 2 heterocycles. The van der Waals surface area contributed by atoms with Crippen molar-refractivity contribution in [3.8, 4) is 0 Å². The second-order valence-electron chi connectivity index (χ2n) is 6.70. The van der Waals surface area contributed by atoms with Crippen molar-refractivity contribution in [1.29, 1.82) is 0 Å². The van der Waals surface area contributed by atoms with Gasteiger partial charge in [0, 0.05) is 20.2 Å². The molecule has 2 aliphatic heterocycles. The molecule has 0 amide bonds. The maximum absolute atomic E-state index is 5.74. The van der Waals surface area contributed by atoms with E-state index in [1.807, 2.05) is 7.11 Å². The van der Waals surface area contributed by atoms with Gasteiger partial charge in [-0.2, -0.15) is 0 Å². The first-order chi connectivity index (χ1) is 7.37. The summed E-state index contributed by atoms with van der Waals surface area (Å²) < 4.78 is 5.74. The lowest BCUT2D eigenvalue weighted by Gasteiger charge is -2.41. The topological polar surface area (TPSA) is 12.5 Å². The summed E-state index contributed by atoms with van der Waals surface area (Å²) in [5.41, 5.74) is 1.97. The molecule has 0 aromatic carbocycles. The van der Waals surface area contributed by atoms with Gasteiger partial charge in [-0.25, -0.2) is 0 Å². The summed E-state index contributed by atoms with van der Waals surface area (Å²) in [6, 6.07) is 0. The molecular formula is C14H25NO. The molecule has 92 valence electrons. The predicted molar refractivity (Wildman–Crippen MR) is 67.5 cm³/mol. The van der Waals surface area contributed by atoms with Gasteiger partial charge in [-0.3, -0.25) is 4.90 Å².